The van der Waals surface area contributed by atoms with Crippen molar-refractivity contribution in [3.63, 3.8) is 0 Å². The minimum atomic E-state index is -5.22. The maximum atomic E-state index is 13.0. The van der Waals surface area contributed by atoms with Gasteiger partial charge >= 0.3 is 18.5 Å². The van der Waals surface area contributed by atoms with Crippen LogP contribution in [0.15, 0.2) is 12.1 Å². The van der Waals surface area contributed by atoms with Crippen LogP contribution < -0.4 is 5.32 Å². The summed E-state index contributed by atoms with van der Waals surface area (Å²) in [6.07, 6.45) is -7.45. The zero-order valence-electron chi connectivity index (χ0n) is 14.0. The number of hydrogen-bond acceptors (Lipinski definition) is 3. The number of alkyl halides is 4. The lowest BCUT2D eigenvalue weighted by atomic mass is 9.86. The Balaban J connectivity index is 1.60. The van der Waals surface area contributed by atoms with Crippen LogP contribution in [0.1, 0.15) is 29.6 Å². The Morgan fingerprint density at radius 2 is 1.79 bits per heavy atom. The number of carbonyl (C=O) groups excluding carboxylic acids is 2. The van der Waals surface area contributed by atoms with E-state index in [-0.39, 0.29) is 23.8 Å². The van der Waals surface area contributed by atoms with E-state index in [9.17, 15) is 27.2 Å². The molecule has 154 valence electrons. The molecule has 4 nitrogen and oxygen atoms in total. The predicted octanol–water partition coefficient (Wildman–Crippen LogP) is 5.05. The van der Waals surface area contributed by atoms with E-state index in [1.807, 2.05) is 6.07 Å². The van der Waals surface area contributed by atoms with Crippen LogP contribution in [0.5, 0.6) is 0 Å². The van der Waals surface area contributed by atoms with E-state index in [0.717, 1.165) is 10.7 Å². The minimum Gasteiger partial charge on any atom is -0.421 e. The molecule has 0 aromatic heterocycles. The summed E-state index contributed by atoms with van der Waals surface area (Å²) in [6, 6.07) is 3.61. The Bertz CT molecular complexity index is 805. The van der Waals surface area contributed by atoms with Gasteiger partial charge in [0.1, 0.15) is 0 Å². The quantitative estimate of drug-likeness (QED) is 0.204. The van der Waals surface area contributed by atoms with Gasteiger partial charge in [0.2, 0.25) is 0 Å². The van der Waals surface area contributed by atoms with E-state index < -0.39 is 24.4 Å². The summed E-state index contributed by atoms with van der Waals surface area (Å²) in [4.78, 5) is 24.6. The molecule has 2 bridgehead atoms. The van der Waals surface area contributed by atoms with Crippen LogP contribution in [-0.2, 0) is 9.53 Å². The Morgan fingerprint density at radius 1 is 1.11 bits per heavy atom. The summed E-state index contributed by atoms with van der Waals surface area (Å²) in [7, 11) is 0. The zero-order chi connectivity index (χ0) is 20.8. The summed E-state index contributed by atoms with van der Waals surface area (Å²) in [5, 5.41) is 2.99. The highest BCUT2D eigenvalue weighted by molar-refractivity contribution is 14.1. The van der Waals surface area contributed by atoms with Gasteiger partial charge in [-0.1, -0.05) is 0 Å². The molecule has 5 atom stereocenters. The number of halogens is 7. The van der Waals surface area contributed by atoms with Crippen molar-refractivity contribution in [2.45, 2.75) is 37.8 Å². The largest absolute Gasteiger partial charge is 0.457 e. The molecule has 2 aliphatic carbocycles. The molecule has 5 unspecified atom stereocenters. The molecule has 1 aromatic carbocycles. The van der Waals surface area contributed by atoms with Crippen molar-refractivity contribution < 1.29 is 31.9 Å². The summed E-state index contributed by atoms with van der Waals surface area (Å²) in [5.74, 6) is -2.35. The highest BCUT2D eigenvalue weighted by Crippen LogP contribution is 2.49. The molecule has 1 aromatic rings. The van der Waals surface area contributed by atoms with Crippen molar-refractivity contribution in [1.82, 2.24) is 5.32 Å². The second-order valence-corrected chi connectivity index (χ2v) is 10.4. The molecule has 28 heavy (non-hydrogen) atoms. The van der Waals surface area contributed by atoms with Crippen LogP contribution in [0.4, 0.5) is 17.6 Å². The number of esters is 1. The van der Waals surface area contributed by atoms with Gasteiger partial charge in [0.05, 0.1) is 11.5 Å². The number of ether oxygens (including phenoxy) is 1. The van der Waals surface area contributed by atoms with Crippen molar-refractivity contribution in [1.29, 1.82) is 0 Å². The average Bonchev–Trinajstić information content (AvgIpc) is 3.17. The molecule has 0 saturated heterocycles. The van der Waals surface area contributed by atoms with E-state index in [4.69, 9.17) is 0 Å². The number of nitrogens with one attached hydrogen (secondary N) is 1. The molecular weight excluding hydrogens is 723 g/mol. The Morgan fingerprint density at radius 3 is 2.36 bits per heavy atom. The van der Waals surface area contributed by atoms with Gasteiger partial charge in [-0.25, -0.2) is 0 Å². The van der Waals surface area contributed by atoms with Crippen molar-refractivity contribution in [2.75, 3.05) is 0 Å². The first-order chi connectivity index (χ1) is 13.0. The standard InChI is InChI=1S/C17H14F4I3NO3/c18-16(17(19,20)21)28-15(27)9-2-7-1-6(9)3-12(7)25-14(26)10-4-8(22)5-11(23)13(10)24/h4-7,9,12,16H,1-3H2,(H,25,26). The third-order valence-corrected chi connectivity index (χ3v) is 8.86. The van der Waals surface area contributed by atoms with Crippen LogP contribution in [-0.4, -0.2) is 30.5 Å². The van der Waals surface area contributed by atoms with Crippen molar-refractivity contribution >= 4 is 79.6 Å². The highest BCUT2D eigenvalue weighted by atomic mass is 127. The average molecular weight is 737 g/mol. The van der Waals surface area contributed by atoms with E-state index in [0.29, 0.717) is 24.8 Å². The summed E-state index contributed by atoms with van der Waals surface area (Å²) < 4.78 is 56.4. The van der Waals surface area contributed by atoms with Gasteiger partial charge in [0.25, 0.3) is 5.91 Å². The lowest BCUT2D eigenvalue weighted by molar-refractivity contribution is -0.260. The summed E-state index contributed by atoms with van der Waals surface area (Å²) in [6.45, 7) is 0. The monoisotopic (exact) mass is 737 g/mol. The second-order valence-electron chi connectivity index (χ2n) is 6.96. The fourth-order valence-corrected chi connectivity index (χ4v) is 6.37. The molecule has 2 aliphatic rings. The Kier molecular flexibility index (Phi) is 7.04. The van der Waals surface area contributed by atoms with Gasteiger partial charge < -0.3 is 10.1 Å². The first-order valence-corrected chi connectivity index (χ1v) is 11.6. The molecule has 0 aliphatic heterocycles. The molecule has 0 spiro atoms. The summed E-state index contributed by atoms with van der Waals surface area (Å²) >= 11 is 6.42. The van der Waals surface area contributed by atoms with Crippen molar-refractivity contribution in [3.05, 3.63) is 28.4 Å². The minimum absolute atomic E-state index is 0.0324. The molecule has 0 heterocycles. The number of fused-ring (bicyclic) bond motifs is 2. The number of rotatable bonds is 4. The van der Waals surface area contributed by atoms with Crippen LogP contribution >= 0.6 is 67.8 Å². The van der Waals surface area contributed by atoms with Crippen LogP contribution in [0, 0.1) is 28.5 Å². The Hall–Kier alpha value is 0.0700. The molecule has 2 fully saturated rings. The number of hydrogen-bond donors (Lipinski definition) is 1. The van der Waals surface area contributed by atoms with Gasteiger partial charge in [0.15, 0.2) is 0 Å². The number of amides is 1. The fraction of sp³-hybridized carbons (Fsp3) is 0.529. The SMILES string of the molecule is O=C(NC1CC2CC1CC2C(=O)OC(F)C(F)(F)F)c1cc(I)cc(I)c1I. The lowest BCUT2D eigenvalue weighted by Gasteiger charge is -2.28. The fourth-order valence-electron chi connectivity index (χ4n) is 3.96. The molecule has 1 N–H and O–H groups in total. The van der Waals surface area contributed by atoms with Gasteiger partial charge in [0, 0.05) is 16.8 Å². The second kappa shape index (κ2) is 8.67. The highest BCUT2D eigenvalue weighted by Gasteiger charge is 2.52. The van der Waals surface area contributed by atoms with Gasteiger partial charge in [-0.15, -0.1) is 0 Å². The zero-order valence-corrected chi connectivity index (χ0v) is 20.5. The third-order valence-electron chi connectivity index (χ3n) is 5.19. The Labute approximate surface area is 199 Å². The van der Waals surface area contributed by atoms with E-state index in [1.165, 1.54) is 0 Å². The van der Waals surface area contributed by atoms with E-state index in [2.05, 4.69) is 77.8 Å². The first kappa shape index (κ1) is 22.7. The van der Waals surface area contributed by atoms with Crippen LogP contribution in [0.3, 0.4) is 0 Å². The molecule has 0 radical (unpaired) electrons. The normalized spacial score (nSPS) is 27.5. The summed E-state index contributed by atoms with van der Waals surface area (Å²) in [5.41, 5.74) is 0.570. The number of benzene rings is 1. The topological polar surface area (TPSA) is 55.4 Å². The third kappa shape index (κ3) is 4.86. The molecule has 11 heteroatoms. The van der Waals surface area contributed by atoms with Crippen LogP contribution in [0.2, 0.25) is 0 Å². The van der Waals surface area contributed by atoms with Gasteiger partial charge in [-0.2, -0.15) is 17.6 Å². The maximum absolute atomic E-state index is 13.0. The lowest BCUT2D eigenvalue weighted by Crippen LogP contribution is -2.42. The van der Waals surface area contributed by atoms with Crippen molar-refractivity contribution in [3.8, 4) is 0 Å². The predicted molar refractivity (Wildman–Crippen MR) is 117 cm³/mol. The molecular formula is C17H14F4I3NO3. The smallest absolute Gasteiger partial charge is 0.421 e. The van der Waals surface area contributed by atoms with E-state index in [1.54, 1.807) is 6.07 Å². The molecule has 3 rings (SSSR count). The maximum Gasteiger partial charge on any atom is 0.457 e. The molecule has 2 saturated carbocycles. The number of carbonyl (C=O) groups is 2. The van der Waals surface area contributed by atoms with Gasteiger partial charge in [-0.3, -0.25) is 9.59 Å². The first-order valence-electron chi connectivity index (χ1n) is 8.34. The van der Waals surface area contributed by atoms with E-state index >= 15 is 0 Å². The van der Waals surface area contributed by atoms with Crippen LogP contribution in [0.25, 0.3) is 0 Å². The van der Waals surface area contributed by atoms with Gasteiger partial charge in [-0.05, 0) is 111 Å². The van der Waals surface area contributed by atoms with Crippen molar-refractivity contribution in [2.24, 2.45) is 17.8 Å². The molecule has 1 amide bonds.